The van der Waals surface area contributed by atoms with Gasteiger partial charge in [-0.25, -0.2) is 4.79 Å². The van der Waals surface area contributed by atoms with Gasteiger partial charge in [0.25, 0.3) is 0 Å². The molecule has 0 aromatic heterocycles. The van der Waals surface area contributed by atoms with Crippen LogP contribution in [0, 0.1) is 0 Å². The van der Waals surface area contributed by atoms with Crippen LogP contribution in [-0.4, -0.2) is 16.7 Å². The minimum atomic E-state index is -0.261. The Morgan fingerprint density at radius 1 is 0.917 bits per heavy atom. The van der Waals surface area contributed by atoms with E-state index in [9.17, 15) is 4.79 Å². The Morgan fingerprint density at radius 3 is 2.21 bits per heavy atom. The van der Waals surface area contributed by atoms with Gasteiger partial charge in [-0.05, 0) is 24.5 Å². The molecular weight excluding hydrogens is 294 g/mol. The fourth-order valence-electron chi connectivity index (χ4n) is 3.51. The monoisotopic (exact) mass is 316 g/mol. The third kappa shape index (κ3) is 2.88. The highest BCUT2D eigenvalue weighted by atomic mass is 16.2. The SMILES string of the molecule is C=CCC1(CC=C)C=[N+](Cc2ccccc2)C(=O)c2ccccc21. The first-order valence-electron chi connectivity index (χ1n) is 8.22. The van der Waals surface area contributed by atoms with Crippen molar-refractivity contribution >= 4 is 12.1 Å². The third-order valence-electron chi connectivity index (χ3n) is 4.57. The summed E-state index contributed by atoms with van der Waals surface area (Å²) in [6.45, 7) is 8.42. The minimum Gasteiger partial charge on any atom is -0.214 e. The van der Waals surface area contributed by atoms with E-state index in [0.717, 1.165) is 29.5 Å². The highest BCUT2D eigenvalue weighted by molar-refractivity contribution is 5.97. The van der Waals surface area contributed by atoms with Gasteiger partial charge in [-0.3, -0.25) is 0 Å². The minimum absolute atomic E-state index is 0.0539. The van der Waals surface area contributed by atoms with Gasteiger partial charge in [0.05, 0.1) is 11.0 Å². The van der Waals surface area contributed by atoms with Crippen molar-refractivity contribution in [3.8, 4) is 0 Å². The molecule has 0 fully saturated rings. The number of fused-ring (bicyclic) bond motifs is 1. The van der Waals surface area contributed by atoms with Crippen LogP contribution in [0.2, 0.25) is 0 Å². The summed E-state index contributed by atoms with van der Waals surface area (Å²) in [6.07, 6.45) is 7.47. The molecule has 1 aliphatic rings. The molecule has 0 radical (unpaired) electrons. The van der Waals surface area contributed by atoms with E-state index in [1.807, 2.05) is 65.3 Å². The van der Waals surface area contributed by atoms with Crippen molar-refractivity contribution in [2.24, 2.45) is 0 Å². The highest BCUT2D eigenvalue weighted by Crippen LogP contribution is 2.36. The van der Waals surface area contributed by atoms with E-state index in [0.29, 0.717) is 6.54 Å². The topological polar surface area (TPSA) is 20.1 Å². The van der Waals surface area contributed by atoms with Crippen LogP contribution in [0.25, 0.3) is 0 Å². The maximum atomic E-state index is 13.0. The van der Waals surface area contributed by atoms with Crippen molar-refractivity contribution in [1.82, 2.24) is 0 Å². The lowest BCUT2D eigenvalue weighted by molar-refractivity contribution is -0.445. The molecule has 1 amide bonds. The van der Waals surface area contributed by atoms with Gasteiger partial charge in [0, 0.05) is 5.56 Å². The molecule has 0 aliphatic carbocycles. The first-order valence-corrected chi connectivity index (χ1v) is 8.22. The summed E-state index contributed by atoms with van der Waals surface area (Å²) in [4.78, 5) is 13.0. The summed E-state index contributed by atoms with van der Waals surface area (Å²) in [5.41, 5.74) is 2.70. The molecule has 0 N–H and O–H groups in total. The Morgan fingerprint density at radius 2 is 1.54 bits per heavy atom. The standard InChI is InChI=1S/C22H22NO/c1-3-14-22(15-4-2)17-23(16-18-10-6-5-7-11-18)21(24)19-12-8-9-13-20(19)22/h3-13,17H,1-2,14-16H2/q+1. The Bertz CT molecular complexity index is 792. The van der Waals surface area contributed by atoms with Crippen molar-refractivity contribution in [3.63, 3.8) is 0 Å². The number of rotatable bonds is 6. The Hall–Kier alpha value is -2.74. The quantitative estimate of drug-likeness (QED) is 0.567. The zero-order valence-corrected chi connectivity index (χ0v) is 13.8. The van der Waals surface area contributed by atoms with E-state index in [1.165, 1.54) is 0 Å². The second-order valence-electron chi connectivity index (χ2n) is 6.24. The normalized spacial score (nSPS) is 15.3. The number of benzene rings is 2. The van der Waals surface area contributed by atoms with Crippen LogP contribution < -0.4 is 0 Å². The van der Waals surface area contributed by atoms with E-state index in [4.69, 9.17) is 0 Å². The van der Waals surface area contributed by atoms with Crippen LogP contribution in [0.1, 0.15) is 34.3 Å². The predicted octanol–water partition coefficient (Wildman–Crippen LogP) is 4.51. The number of carbonyl (C=O) groups is 1. The Balaban J connectivity index is 2.12. The molecular formula is C22H22NO+. The van der Waals surface area contributed by atoms with Gasteiger partial charge in [-0.2, -0.15) is 4.58 Å². The number of hydrogen-bond acceptors (Lipinski definition) is 1. The summed E-state index contributed by atoms with van der Waals surface area (Å²) in [5, 5.41) is 0. The van der Waals surface area contributed by atoms with Crippen LogP contribution in [0.4, 0.5) is 0 Å². The summed E-state index contributed by atoms with van der Waals surface area (Å²) in [6, 6.07) is 18.0. The lowest BCUT2D eigenvalue weighted by atomic mass is 9.72. The molecule has 0 unspecified atom stereocenters. The van der Waals surface area contributed by atoms with Gasteiger partial charge < -0.3 is 0 Å². The van der Waals surface area contributed by atoms with Gasteiger partial charge in [0.2, 0.25) is 0 Å². The molecule has 2 heteroatoms. The van der Waals surface area contributed by atoms with E-state index in [2.05, 4.69) is 25.4 Å². The molecule has 0 atom stereocenters. The van der Waals surface area contributed by atoms with Gasteiger partial charge in [-0.1, -0.05) is 60.7 Å². The van der Waals surface area contributed by atoms with Gasteiger partial charge >= 0.3 is 5.91 Å². The zero-order chi connectivity index (χ0) is 17.0. The van der Waals surface area contributed by atoms with Crippen molar-refractivity contribution in [3.05, 3.63) is 96.6 Å². The molecule has 1 heterocycles. The summed E-state index contributed by atoms with van der Waals surface area (Å²) in [5.74, 6) is 0.0539. The van der Waals surface area contributed by atoms with Crippen LogP contribution in [0.3, 0.4) is 0 Å². The van der Waals surface area contributed by atoms with Gasteiger partial charge in [0.15, 0.2) is 12.8 Å². The number of allylic oxidation sites excluding steroid dienone is 2. The zero-order valence-electron chi connectivity index (χ0n) is 13.8. The van der Waals surface area contributed by atoms with Gasteiger partial charge in [-0.15, -0.1) is 13.2 Å². The number of nitrogens with zero attached hydrogens (tertiary/aromatic N) is 1. The van der Waals surface area contributed by atoms with Gasteiger partial charge in [0.1, 0.15) is 0 Å². The molecule has 120 valence electrons. The van der Waals surface area contributed by atoms with Crippen LogP contribution in [0.15, 0.2) is 79.9 Å². The molecule has 0 spiro atoms. The van der Waals surface area contributed by atoms with Crippen molar-refractivity contribution in [1.29, 1.82) is 0 Å². The Labute approximate surface area is 143 Å². The molecule has 0 saturated heterocycles. The van der Waals surface area contributed by atoms with E-state index in [-0.39, 0.29) is 11.3 Å². The number of hydrogen-bond donors (Lipinski definition) is 0. The lowest BCUT2D eigenvalue weighted by Crippen LogP contribution is -2.41. The molecule has 2 aromatic carbocycles. The maximum Gasteiger partial charge on any atom is 0.419 e. The molecule has 0 saturated carbocycles. The summed E-state index contributed by atoms with van der Waals surface area (Å²) in [7, 11) is 0. The fourth-order valence-corrected chi connectivity index (χ4v) is 3.51. The smallest absolute Gasteiger partial charge is 0.214 e. The molecule has 0 bridgehead atoms. The predicted molar refractivity (Wildman–Crippen MR) is 98.5 cm³/mol. The number of carbonyl (C=O) groups excluding carboxylic acids is 1. The summed E-state index contributed by atoms with van der Waals surface area (Å²) < 4.78 is 1.84. The van der Waals surface area contributed by atoms with Crippen molar-refractivity contribution in [2.45, 2.75) is 24.8 Å². The first kappa shape index (κ1) is 16.1. The largest absolute Gasteiger partial charge is 0.419 e. The third-order valence-corrected chi connectivity index (χ3v) is 4.57. The first-order chi connectivity index (χ1) is 11.7. The second kappa shape index (κ2) is 6.79. The average Bonchev–Trinajstić information content (AvgIpc) is 2.61. The van der Waals surface area contributed by atoms with Crippen LogP contribution in [0.5, 0.6) is 0 Å². The fraction of sp³-hybridized carbons (Fsp3) is 0.182. The van der Waals surface area contributed by atoms with Crippen molar-refractivity contribution < 1.29 is 9.37 Å². The molecule has 2 nitrogen and oxygen atoms in total. The second-order valence-corrected chi connectivity index (χ2v) is 6.24. The van der Waals surface area contributed by atoms with Crippen LogP contribution in [-0.2, 0) is 12.0 Å². The lowest BCUT2D eigenvalue weighted by Gasteiger charge is -2.30. The van der Waals surface area contributed by atoms with E-state index >= 15 is 0 Å². The summed E-state index contributed by atoms with van der Waals surface area (Å²) >= 11 is 0. The van der Waals surface area contributed by atoms with E-state index in [1.54, 1.807) is 0 Å². The average molecular weight is 316 g/mol. The van der Waals surface area contributed by atoms with E-state index < -0.39 is 0 Å². The molecule has 24 heavy (non-hydrogen) atoms. The Kier molecular flexibility index (Phi) is 4.57. The van der Waals surface area contributed by atoms with Crippen molar-refractivity contribution in [2.75, 3.05) is 0 Å². The molecule has 1 aliphatic heterocycles. The number of amides is 1. The maximum absolute atomic E-state index is 13.0. The molecule has 2 aromatic rings. The highest BCUT2D eigenvalue weighted by Gasteiger charge is 2.42. The van der Waals surface area contributed by atoms with Crippen LogP contribution >= 0.6 is 0 Å². The molecule has 3 rings (SSSR count).